The van der Waals surface area contributed by atoms with E-state index in [1.54, 1.807) is 4.90 Å². The highest BCUT2D eigenvalue weighted by molar-refractivity contribution is 5.82. The summed E-state index contributed by atoms with van der Waals surface area (Å²) in [5.74, 6) is -0.645. The van der Waals surface area contributed by atoms with E-state index in [0.717, 1.165) is 6.42 Å². The van der Waals surface area contributed by atoms with Gasteiger partial charge in [-0.3, -0.25) is 14.4 Å². The summed E-state index contributed by atoms with van der Waals surface area (Å²) in [4.78, 5) is 35.8. The largest absolute Gasteiger partial charge is 0.469 e. The Morgan fingerprint density at radius 2 is 2.10 bits per heavy atom. The minimum atomic E-state index is -0.426. The molecule has 2 amide bonds. The van der Waals surface area contributed by atoms with Crippen molar-refractivity contribution < 1.29 is 23.9 Å². The number of nitrogens with zero attached hydrogens (tertiary/aromatic N) is 1. The van der Waals surface area contributed by atoms with Crippen molar-refractivity contribution in [3.8, 4) is 0 Å². The third kappa shape index (κ3) is 5.56. The molecule has 0 aromatic heterocycles. The van der Waals surface area contributed by atoms with Crippen LogP contribution in [0.15, 0.2) is 0 Å². The molecular formula is C13H22N2O5. The minimum Gasteiger partial charge on any atom is -0.469 e. The Morgan fingerprint density at radius 3 is 2.65 bits per heavy atom. The zero-order valence-corrected chi connectivity index (χ0v) is 12.0. The average Bonchev–Trinajstić information content (AvgIpc) is 2.95. The topological polar surface area (TPSA) is 84.9 Å². The van der Waals surface area contributed by atoms with Gasteiger partial charge >= 0.3 is 5.97 Å². The summed E-state index contributed by atoms with van der Waals surface area (Å²) >= 11 is 0. The Bertz CT molecular complexity index is 353. The Labute approximate surface area is 118 Å². The Kier molecular flexibility index (Phi) is 7.00. The Balaban J connectivity index is 2.50. The van der Waals surface area contributed by atoms with Crippen LogP contribution in [0.2, 0.25) is 0 Å². The van der Waals surface area contributed by atoms with Crippen LogP contribution in [0.5, 0.6) is 0 Å². The van der Waals surface area contributed by atoms with Crippen molar-refractivity contribution in [2.75, 3.05) is 33.4 Å². The molecule has 7 nitrogen and oxygen atoms in total. The molecule has 114 valence electrons. The van der Waals surface area contributed by atoms with Crippen molar-refractivity contribution in [3.63, 3.8) is 0 Å². The summed E-state index contributed by atoms with van der Waals surface area (Å²) in [6, 6.07) is 0. The van der Waals surface area contributed by atoms with Gasteiger partial charge in [0.25, 0.3) is 5.91 Å². The molecule has 1 fully saturated rings. The van der Waals surface area contributed by atoms with Gasteiger partial charge in [-0.1, -0.05) is 0 Å². The number of rotatable bonds is 7. The van der Waals surface area contributed by atoms with Crippen LogP contribution in [0.3, 0.4) is 0 Å². The summed E-state index contributed by atoms with van der Waals surface area (Å²) in [7, 11) is 1.31. The van der Waals surface area contributed by atoms with Gasteiger partial charge in [-0.2, -0.15) is 0 Å². The minimum absolute atomic E-state index is 0.128. The van der Waals surface area contributed by atoms with E-state index >= 15 is 0 Å². The molecule has 0 spiro atoms. The molecule has 7 heteroatoms. The van der Waals surface area contributed by atoms with Crippen molar-refractivity contribution in [3.05, 3.63) is 0 Å². The number of ether oxygens (including phenoxy) is 2. The fourth-order valence-electron chi connectivity index (χ4n) is 2.00. The van der Waals surface area contributed by atoms with Gasteiger partial charge in [0.05, 0.1) is 13.5 Å². The maximum absolute atomic E-state index is 12.3. The van der Waals surface area contributed by atoms with E-state index < -0.39 is 6.10 Å². The lowest BCUT2D eigenvalue weighted by Crippen LogP contribution is -2.44. The molecule has 0 saturated carbocycles. The number of amides is 2. The SMILES string of the molecule is COC(=O)CCN(CCNC(C)=O)C(=O)C1CCCO1. The van der Waals surface area contributed by atoms with Crippen LogP contribution in [-0.2, 0) is 23.9 Å². The van der Waals surface area contributed by atoms with Gasteiger partial charge in [0.15, 0.2) is 0 Å². The van der Waals surface area contributed by atoms with Crippen molar-refractivity contribution >= 4 is 17.8 Å². The lowest BCUT2D eigenvalue weighted by atomic mass is 10.2. The van der Waals surface area contributed by atoms with Crippen LogP contribution in [0.25, 0.3) is 0 Å². The van der Waals surface area contributed by atoms with Gasteiger partial charge in [0.2, 0.25) is 5.91 Å². The highest BCUT2D eigenvalue weighted by atomic mass is 16.5. The molecule has 20 heavy (non-hydrogen) atoms. The van der Waals surface area contributed by atoms with E-state index in [0.29, 0.717) is 26.1 Å². The highest BCUT2D eigenvalue weighted by Gasteiger charge is 2.28. The maximum atomic E-state index is 12.3. The second kappa shape index (κ2) is 8.52. The Hall–Kier alpha value is -1.63. The molecule has 0 aromatic rings. The van der Waals surface area contributed by atoms with Gasteiger partial charge in [-0.25, -0.2) is 0 Å². The smallest absolute Gasteiger partial charge is 0.307 e. The van der Waals surface area contributed by atoms with Crippen LogP contribution in [0, 0.1) is 0 Å². The second-order valence-electron chi connectivity index (χ2n) is 4.64. The fourth-order valence-corrected chi connectivity index (χ4v) is 2.00. The summed E-state index contributed by atoms with van der Waals surface area (Å²) in [6.07, 6.45) is 1.28. The summed E-state index contributed by atoms with van der Waals surface area (Å²) < 4.78 is 9.93. The lowest BCUT2D eigenvalue weighted by molar-refractivity contribution is -0.144. The quantitative estimate of drug-likeness (QED) is 0.649. The van der Waals surface area contributed by atoms with Crippen LogP contribution < -0.4 is 5.32 Å². The van der Waals surface area contributed by atoms with Crippen molar-refractivity contribution in [2.45, 2.75) is 32.3 Å². The predicted octanol–water partition coefficient (Wildman–Crippen LogP) is -0.307. The number of hydrogen-bond acceptors (Lipinski definition) is 5. The molecule has 0 aromatic carbocycles. The molecule has 1 atom stereocenters. The van der Waals surface area contributed by atoms with E-state index in [2.05, 4.69) is 10.1 Å². The molecule has 1 heterocycles. The molecule has 0 radical (unpaired) electrons. The number of nitrogens with one attached hydrogen (secondary N) is 1. The maximum Gasteiger partial charge on any atom is 0.307 e. The molecule has 1 unspecified atom stereocenters. The predicted molar refractivity (Wildman–Crippen MR) is 70.9 cm³/mol. The molecule has 0 aliphatic carbocycles. The van der Waals surface area contributed by atoms with E-state index in [1.165, 1.54) is 14.0 Å². The van der Waals surface area contributed by atoms with E-state index in [4.69, 9.17) is 4.74 Å². The van der Waals surface area contributed by atoms with Gasteiger partial charge in [0, 0.05) is 33.2 Å². The van der Waals surface area contributed by atoms with Gasteiger partial charge in [-0.05, 0) is 12.8 Å². The van der Waals surface area contributed by atoms with Crippen molar-refractivity contribution in [2.24, 2.45) is 0 Å². The van der Waals surface area contributed by atoms with Crippen molar-refractivity contribution in [1.82, 2.24) is 10.2 Å². The van der Waals surface area contributed by atoms with E-state index in [9.17, 15) is 14.4 Å². The van der Waals surface area contributed by atoms with Crippen LogP contribution >= 0.6 is 0 Å². The van der Waals surface area contributed by atoms with Crippen molar-refractivity contribution in [1.29, 1.82) is 0 Å². The molecule has 1 rings (SSSR count). The van der Waals surface area contributed by atoms with Gasteiger partial charge in [0.1, 0.15) is 6.10 Å². The number of methoxy groups -OCH3 is 1. The number of hydrogen-bond donors (Lipinski definition) is 1. The first-order chi connectivity index (χ1) is 9.54. The lowest BCUT2D eigenvalue weighted by Gasteiger charge is -2.25. The highest BCUT2D eigenvalue weighted by Crippen LogP contribution is 2.14. The first-order valence-corrected chi connectivity index (χ1v) is 6.76. The number of carbonyl (C=O) groups is 3. The molecular weight excluding hydrogens is 264 g/mol. The summed E-state index contributed by atoms with van der Waals surface area (Å²) in [5.41, 5.74) is 0. The summed E-state index contributed by atoms with van der Waals surface area (Å²) in [5, 5.41) is 2.63. The zero-order chi connectivity index (χ0) is 15.0. The fraction of sp³-hybridized carbons (Fsp3) is 0.769. The first-order valence-electron chi connectivity index (χ1n) is 6.76. The average molecular weight is 286 g/mol. The molecule has 1 N–H and O–H groups in total. The summed E-state index contributed by atoms with van der Waals surface area (Å²) in [6.45, 7) is 2.99. The third-order valence-corrected chi connectivity index (χ3v) is 3.09. The first kappa shape index (κ1) is 16.4. The third-order valence-electron chi connectivity index (χ3n) is 3.09. The van der Waals surface area contributed by atoms with Gasteiger partial charge < -0.3 is 19.7 Å². The molecule has 1 saturated heterocycles. The molecule has 1 aliphatic rings. The van der Waals surface area contributed by atoms with Crippen LogP contribution in [0.1, 0.15) is 26.2 Å². The van der Waals surface area contributed by atoms with Crippen LogP contribution in [0.4, 0.5) is 0 Å². The Morgan fingerprint density at radius 1 is 1.35 bits per heavy atom. The molecule has 0 bridgehead atoms. The van der Waals surface area contributed by atoms with Crippen LogP contribution in [-0.4, -0.2) is 62.1 Å². The van der Waals surface area contributed by atoms with Gasteiger partial charge in [-0.15, -0.1) is 0 Å². The number of esters is 1. The normalized spacial score (nSPS) is 17.6. The zero-order valence-electron chi connectivity index (χ0n) is 12.0. The molecule has 1 aliphatic heterocycles. The monoisotopic (exact) mass is 286 g/mol. The number of carbonyl (C=O) groups excluding carboxylic acids is 3. The standard InChI is InChI=1S/C13H22N2O5/c1-10(16)14-6-8-15(7-5-12(17)19-2)13(18)11-4-3-9-20-11/h11H,3-9H2,1-2H3,(H,14,16). The van der Waals surface area contributed by atoms with E-state index in [1.807, 2.05) is 0 Å². The van der Waals surface area contributed by atoms with E-state index in [-0.39, 0.29) is 30.7 Å². The second-order valence-corrected chi connectivity index (χ2v) is 4.64.